The molecule has 144 valence electrons. The number of hydrogen-bond donors (Lipinski definition) is 4. The highest BCUT2D eigenvalue weighted by molar-refractivity contribution is 6.05. The third-order valence-electron chi connectivity index (χ3n) is 4.31. The smallest absolute Gasteiger partial charge is 0.255 e. The molecule has 0 fully saturated rings. The normalized spacial score (nSPS) is 10.5. The lowest BCUT2D eigenvalue weighted by molar-refractivity contribution is 0.102. The Labute approximate surface area is 167 Å². The van der Waals surface area contributed by atoms with Gasteiger partial charge in [-0.25, -0.2) is 9.97 Å². The van der Waals surface area contributed by atoms with Gasteiger partial charge < -0.3 is 16.4 Å². The third-order valence-corrected chi connectivity index (χ3v) is 4.31. The molecule has 0 bridgehead atoms. The molecule has 2 heterocycles. The Morgan fingerprint density at radius 1 is 1.00 bits per heavy atom. The molecule has 29 heavy (non-hydrogen) atoms. The SMILES string of the molecule is Nc1ccccc1NC(=O)c1ccc(CNc2nccc(-c3ccn[nH]3)n2)cc1. The number of nitrogen functional groups attached to an aromatic ring is 1. The van der Waals surface area contributed by atoms with Gasteiger partial charge in [0.1, 0.15) is 0 Å². The maximum atomic E-state index is 12.4. The van der Waals surface area contributed by atoms with E-state index in [-0.39, 0.29) is 5.91 Å². The first kappa shape index (κ1) is 18.2. The van der Waals surface area contributed by atoms with Crippen LogP contribution in [0.15, 0.2) is 73.1 Å². The van der Waals surface area contributed by atoms with E-state index in [0.717, 1.165) is 17.0 Å². The van der Waals surface area contributed by atoms with Crippen molar-refractivity contribution in [3.05, 3.63) is 84.2 Å². The number of amides is 1. The molecule has 4 aromatic rings. The van der Waals surface area contributed by atoms with Gasteiger partial charge in [-0.3, -0.25) is 9.89 Å². The van der Waals surface area contributed by atoms with Crippen LogP contribution >= 0.6 is 0 Å². The van der Waals surface area contributed by atoms with Gasteiger partial charge in [0.25, 0.3) is 5.91 Å². The van der Waals surface area contributed by atoms with E-state index in [9.17, 15) is 4.79 Å². The number of aromatic amines is 1. The number of carbonyl (C=O) groups is 1. The van der Waals surface area contributed by atoms with Gasteiger partial charge in [0.15, 0.2) is 0 Å². The summed E-state index contributed by atoms with van der Waals surface area (Å²) in [7, 11) is 0. The van der Waals surface area contributed by atoms with E-state index >= 15 is 0 Å². The van der Waals surface area contributed by atoms with Crippen LogP contribution in [-0.4, -0.2) is 26.1 Å². The minimum absolute atomic E-state index is 0.210. The molecule has 0 aliphatic rings. The highest BCUT2D eigenvalue weighted by Gasteiger charge is 2.08. The van der Waals surface area contributed by atoms with Gasteiger partial charge in [0, 0.05) is 24.5 Å². The summed E-state index contributed by atoms with van der Waals surface area (Å²) in [5.41, 5.74) is 10.1. The lowest BCUT2D eigenvalue weighted by Crippen LogP contribution is -2.13. The predicted molar refractivity (Wildman–Crippen MR) is 112 cm³/mol. The summed E-state index contributed by atoms with van der Waals surface area (Å²) in [6.45, 7) is 0.528. The van der Waals surface area contributed by atoms with Crippen molar-refractivity contribution >= 4 is 23.2 Å². The Hall–Kier alpha value is -4.20. The number of carbonyl (C=O) groups excluding carboxylic acids is 1. The van der Waals surface area contributed by atoms with Crippen LogP contribution in [0.5, 0.6) is 0 Å². The first-order valence-corrected chi connectivity index (χ1v) is 9.00. The van der Waals surface area contributed by atoms with Crippen LogP contribution in [0.3, 0.4) is 0 Å². The van der Waals surface area contributed by atoms with E-state index in [1.54, 1.807) is 36.7 Å². The van der Waals surface area contributed by atoms with E-state index in [4.69, 9.17) is 5.73 Å². The summed E-state index contributed by atoms with van der Waals surface area (Å²) in [5, 5.41) is 12.8. The van der Waals surface area contributed by atoms with Crippen LogP contribution in [0.4, 0.5) is 17.3 Å². The van der Waals surface area contributed by atoms with Crippen molar-refractivity contribution in [1.82, 2.24) is 20.2 Å². The lowest BCUT2D eigenvalue weighted by Gasteiger charge is -2.09. The number of H-pyrrole nitrogens is 1. The van der Waals surface area contributed by atoms with E-state index < -0.39 is 0 Å². The quantitative estimate of drug-likeness (QED) is 0.378. The van der Waals surface area contributed by atoms with E-state index in [0.29, 0.717) is 29.4 Å². The van der Waals surface area contributed by atoms with Crippen molar-refractivity contribution in [3.8, 4) is 11.4 Å². The first-order valence-electron chi connectivity index (χ1n) is 9.00. The second-order valence-electron chi connectivity index (χ2n) is 6.33. The molecule has 4 rings (SSSR count). The van der Waals surface area contributed by atoms with Gasteiger partial charge in [0.2, 0.25) is 5.95 Å². The first-order chi connectivity index (χ1) is 14.2. The largest absolute Gasteiger partial charge is 0.397 e. The average Bonchev–Trinajstić information content (AvgIpc) is 3.29. The van der Waals surface area contributed by atoms with Gasteiger partial charge in [-0.15, -0.1) is 0 Å². The molecule has 2 aromatic heterocycles. The average molecular weight is 385 g/mol. The molecule has 0 aliphatic carbocycles. The van der Waals surface area contributed by atoms with Gasteiger partial charge in [0.05, 0.1) is 22.8 Å². The van der Waals surface area contributed by atoms with Gasteiger partial charge in [-0.05, 0) is 42.0 Å². The van der Waals surface area contributed by atoms with E-state index in [1.165, 1.54) is 0 Å². The molecule has 0 aliphatic heterocycles. The number of rotatable bonds is 6. The zero-order valence-electron chi connectivity index (χ0n) is 15.5. The van der Waals surface area contributed by atoms with E-state index in [2.05, 4.69) is 30.8 Å². The molecule has 0 saturated carbocycles. The number of nitrogens with two attached hydrogens (primary N) is 1. The maximum Gasteiger partial charge on any atom is 0.255 e. The number of hydrogen-bond acceptors (Lipinski definition) is 6. The maximum absolute atomic E-state index is 12.4. The molecule has 0 unspecified atom stereocenters. The number of nitrogens with zero attached hydrogens (tertiary/aromatic N) is 3. The highest BCUT2D eigenvalue weighted by atomic mass is 16.1. The van der Waals surface area contributed by atoms with Gasteiger partial charge in [-0.1, -0.05) is 24.3 Å². The second kappa shape index (κ2) is 8.22. The topological polar surface area (TPSA) is 122 Å². The second-order valence-corrected chi connectivity index (χ2v) is 6.33. The molecule has 8 heteroatoms. The standard InChI is InChI=1S/C21H19N7O/c22-16-3-1-2-4-17(16)26-20(29)15-7-5-14(6-8-15)13-24-21-23-11-9-18(27-21)19-10-12-25-28-19/h1-12H,13,22H2,(H,25,28)(H,26,29)(H,23,24,27). The number of anilines is 3. The summed E-state index contributed by atoms with van der Waals surface area (Å²) in [6, 6.07) is 18.1. The zero-order valence-corrected chi connectivity index (χ0v) is 15.5. The Bertz CT molecular complexity index is 1110. The lowest BCUT2D eigenvalue weighted by atomic mass is 10.1. The minimum atomic E-state index is -0.210. The Balaban J connectivity index is 1.38. The van der Waals surface area contributed by atoms with Crippen molar-refractivity contribution < 1.29 is 4.79 Å². The summed E-state index contributed by atoms with van der Waals surface area (Å²) in [6.07, 6.45) is 3.36. The molecule has 1 amide bonds. The number of para-hydroxylation sites is 2. The Morgan fingerprint density at radius 3 is 2.59 bits per heavy atom. The molecule has 2 aromatic carbocycles. The summed E-state index contributed by atoms with van der Waals surface area (Å²) >= 11 is 0. The molecule has 0 atom stereocenters. The van der Waals surface area contributed by atoms with Crippen molar-refractivity contribution in [2.75, 3.05) is 16.4 Å². The molecule has 0 spiro atoms. The fourth-order valence-corrected chi connectivity index (χ4v) is 2.75. The van der Waals surface area contributed by atoms with Crippen molar-refractivity contribution in [1.29, 1.82) is 0 Å². The summed E-state index contributed by atoms with van der Waals surface area (Å²) in [4.78, 5) is 21.1. The molecule has 5 N–H and O–H groups in total. The fraction of sp³-hybridized carbons (Fsp3) is 0.0476. The van der Waals surface area contributed by atoms with Crippen molar-refractivity contribution in [2.45, 2.75) is 6.54 Å². The molecular weight excluding hydrogens is 366 g/mol. The van der Waals surface area contributed by atoms with Crippen molar-refractivity contribution in [3.63, 3.8) is 0 Å². The Morgan fingerprint density at radius 2 is 1.83 bits per heavy atom. The van der Waals surface area contributed by atoms with Crippen LogP contribution in [-0.2, 0) is 6.54 Å². The summed E-state index contributed by atoms with van der Waals surface area (Å²) < 4.78 is 0. The van der Waals surface area contributed by atoms with Crippen molar-refractivity contribution in [2.24, 2.45) is 0 Å². The molecule has 0 radical (unpaired) electrons. The minimum Gasteiger partial charge on any atom is -0.397 e. The molecule has 0 saturated heterocycles. The van der Waals surface area contributed by atoms with Crippen LogP contribution in [0.1, 0.15) is 15.9 Å². The van der Waals surface area contributed by atoms with Crippen LogP contribution in [0.2, 0.25) is 0 Å². The molecular formula is C21H19N7O. The molecule has 8 nitrogen and oxygen atoms in total. The number of aromatic nitrogens is 4. The monoisotopic (exact) mass is 385 g/mol. The number of benzene rings is 2. The van der Waals surface area contributed by atoms with Crippen LogP contribution < -0.4 is 16.4 Å². The third kappa shape index (κ3) is 4.38. The van der Waals surface area contributed by atoms with Gasteiger partial charge >= 0.3 is 0 Å². The van der Waals surface area contributed by atoms with Crippen LogP contribution in [0, 0.1) is 0 Å². The predicted octanol–water partition coefficient (Wildman–Crippen LogP) is 3.31. The zero-order chi connectivity index (χ0) is 20.1. The summed E-state index contributed by atoms with van der Waals surface area (Å²) in [5.74, 6) is 0.302. The van der Waals surface area contributed by atoms with Crippen LogP contribution in [0.25, 0.3) is 11.4 Å². The fourth-order valence-electron chi connectivity index (χ4n) is 2.75. The van der Waals surface area contributed by atoms with E-state index in [1.807, 2.05) is 36.4 Å². The number of nitrogens with one attached hydrogen (secondary N) is 3. The van der Waals surface area contributed by atoms with Gasteiger partial charge in [-0.2, -0.15) is 5.10 Å². The Kier molecular flexibility index (Phi) is 5.15. The highest BCUT2D eigenvalue weighted by Crippen LogP contribution is 2.18.